The Hall–Kier alpha value is 0.01000. The van der Waals surface area contributed by atoms with Gasteiger partial charge in [0.15, 0.2) is 0 Å². The molecule has 0 aromatic rings. The van der Waals surface area contributed by atoms with Gasteiger partial charge < -0.3 is 0 Å². The second-order valence-corrected chi connectivity index (χ2v) is 1.55. The van der Waals surface area contributed by atoms with Crippen molar-refractivity contribution in [2.45, 2.75) is 18.2 Å². The fourth-order valence-corrected chi connectivity index (χ4v) is 0. The summed E-state index contributed by atoms with van der Waals surface area (Å²) in [6, 6.07) is 0. The highest BCUT2D eigenvalue weighted by atomic mass is 35.5. The Morgan fingerprint density at radius 1 is 1.38 bits per heavy atom. The zero-order valence-electron chi connectivity index (χ0n) is 6.39. The molecule has 0 heterocycles. The topological polar surface area (TPSA) is 0 Å². The van der Waals surface area contributed by atoms with Crippen molar-refractivity contribution in [2.24, 2.45) is 0 Å². The average molecular weight is 154 g/mol. The van der Waals surface area contributed by atoms with Crippen LogP contribution in [0.3, 0.4) is 0 Å². The summed E-state index contributed by atoms with van der Waals surface area (Å²) in [5.74, 6) is -5.19. The van der Waals surface area contributed by atoms with E-state index in [1.807, 2.05) is 0 Å². The van der Waals surface area contributed by atoms with Gasteiger partial charge in [-0.15, -0.1) is 0 Å². The third-order valence-electron chi connectivity index (χ3n) is 0.356. The molecule has 0 aliphatic rings. The van der Waals surface area contributed by atoms with Crippen molar-refractivity contribution < 1.29 is 21.7 Å². The second kappa shape index (κ2) is 1.76. The molecule has 8 heavy (non-hydrogen) atoms. The molecule has 0 aromatic heterocycles. The molecule has 0 atom stereocenters. The van der Waals surface area contributed by atoms with E-state index in [1.54, 1.807) is 0 Å². The standard InChI is InChI=1S/C3H3ClF4/c1-2(5,6)3(4,7)8/h1H3/i1D3. The van der Waals surface area contributed by atoms with Crippen molar-refractivity contribution in [1.82, 2.24) is 0 Å². The van der Waals surface area contributed by atoms with E-state index in [0.29, 0.717) is 0 Å². The van der Waals surface area contributed by atoms with E-state index in [0.717, 1.165) is 0 Å². The van der Waals surface area contributed by atoms with Crippen molar-refractivity contribution in [3.8, 4) is 0 Å². The monoisotopic (exact) mass is 153 g/mol. The number of halogens is 5. The molecule has 0 aromatic carbocycles. The third-order valence-corrected chi connectivity index (χ3v) is 0.593. The minimum atomic E-state index is -5.19. The molecule has 0 spiro atoms. The van der Waals surface area contributed by atoms with Gasteiger partial charge in [-0.3, -0.25) is 0 Å². The molecule has 5 heteroatoms. The molecule has 0 rings (SSSR count). The molecule has 0 saturated heterocycles. The summed E-state index contributed by atoms with van der Waals surface area (Å²) in [5, 5.41) is -5.04. The Balaban J connectivity index is 4.75. The van der Waals surface area contributed by atoms with E-state index in [1.165, 1.54) is 0 Å². The summed E-state index contributed by atoms with van der Waals surface area (Å²) in [5.41, 5.74) is 0. The molecular formula is C3H3ClF4. The van der Waals surface area contributed by atoms with E-state index >= 15 is 0 Å². The van der Waals surface area contributed by atoms with Crippen LogP contribution in [-0.4, -0.2) is 11.3 Å². The Morgan fingerprint density at radius 2 is 1.75 bits per heavy atom. The highest BCUT2D eigenvalue weighted by molar-refractivity contribution is 6.22. The fraction of sp³-hybridized carbons (Fsp3) is 1.00. The van der Waals surface area contributed by atoms with Crippen molar-refractivity contribution >= 4 is 11.6 Å². The molecule has 0 amide bonds. The van der Waals surface area contributed by atoms with Crippen molar-refractivity contribution in [3.63, 3.8) is 0 Å². The van der Waals surface area contributed by atoms with Gasteiger partial charge >= 0.3 is 11.3 Å². The number of rotatable bonds is 1. The lowest BCUT2D eigenvalue weighted by Gasteiger charge is -2.14. The van der Waals surface area contributed by atoms with Crippen LogP contribution in [0.5, 0.6) is 0 Å². The smallest absolute Gasteiger partial charge is 0.199 e. The summed E-state index contributed by atoms with van der Waals surface area (Å²) in [7, 11) is 0. The van der Waals surface area contributed by atoms with Crippen LogP contribution >= 0.6 is 11.6 Å². The molecule has 0 radical (unpaired) electrons. The van der Waals surface area contributed by atoms with E-state index in [2.05, 4.69) is 11.6 Å². The van der Waals surface area contributed by atoms with Gasteiger partial charge in [0.2, 0.25) is 0 Å². The average Bonchev–Trinajstić information content (AvgIpc) is 1.58. The van der Waals surface area contributed by atoms with Gasteiger partial charge in [-0.05, 0) is 11.6 Å². The fourth-order valence-electron chi connectivity index (χ4n) is 0. The van der Waals surface area contributed by atoms with Crippen LogP contribution in [0.4, 0.5) is 17.6 Å². The minimum Gasteiger partial charge on any atom is -0.199 e. The quantitative estimate of drug-likeness (QED) is 0.401. The normalized spacial score (nSPS) is 21.4. The molecule has 0 aliphatic heterocycles. The number of alkyl halides is 5. The molecule has 0 fully saturated rings. The SMILES string of the molecule is [2H]C([2H])([2H])C(F)(F)C(F)(F)Cl. The number of hydrogen-bond donors (Lipinski definition) is 0. The summed E-state index contributed by atoms with van der Waals surface area (Å²) in [4.78, 5) is 0. The molecule has 0 nitrogen and oxygen atoms in total. The summed E-state index contributed by atoms with van der Waals surface area (Å²) in [6.07, 6.45) is 0. The van der Waals surface area contributed by atoms with Crippen LogP contribution in [0.15, 0.2) is 0 Å². The highest BCUT2D eigenvalue weighted by Gasteiger charge is 2.50. The van der Waals surface area contributed by atoms with Gasteiger partial charge in [-0.1, -0.05) is 0 Å². The van der Waals surface area contributed by atoms with Crippen LogP contribution in [0.2, 0.25) is 0 Å². The van der Waals surface area contributed by atoms with E-state index in [4.69, 9.17) is 4.11 Å². The Morgan fingerprint density at radius 3 is 1.75 bits per heavy atom. The first-order valence-electron chi connectivity index (χ1n) is 2.94. The predicted octanol–water partition coefficient (Wildman–Crippen LogP) is 2.47. The van der Waals surface area contributed by atoms with Gasteiger partial charge in [0.05, 0.1) is 0 Å². The zero-order chi connectivity index (χ0) is 9.50. The van der Waals surface area contributed by atoms with Crippen molar-refractivity contribution in [3.05, 3.63) is 0 Å². The molecule has 0 bridgehead atoms. The lowest BCUT2D eigenvalue weighted by Crippen LogP contribution is -2.31. The van der Waals surface area contributed by atoms with Crippen LogP contribution in [-0.2, 0) is 0 Å². The number of hydrogen-bond acceptors (Lipinski definition) is 0. The van der Waals surface area contributed by atoms with Gasteiger partial charge in [-0.2, -0.15) is 17.6 Å². The van der Waals surface area contributed by atoms with Crippen molar-refractivity contribution in [1.29, 1.82) is 0 Å². The maximum atomic E-state index is 12.0. The van der Waals surface area contributed by atoms with Crippen LogP contribution < -0.4 is 0 Å². The summed E-state index contributed by atoms with van der Waals surface area (Å²) >= 11 is 3.87. The Bertz CT molecular complexity index is 132. The largest absolute Gasteiger partial charge is 0.383 e. The highest BCUT2D eigenvalue weighted by Crippen LogP contribution is 2.36. The summed E-state index contributed by atoms with van der Waals surface area (Å²) < 4.78 is 65.3. The predicted molar refractivity (Wildman–Crippen MR) is 21.4 cm³/mol. The molecular weight excluding hydrogens is 147 g/mol. The van der Waals surface area contributed by atoms with E-state index < -0.39 is 18.2 Å². The lowest BCUT2D eigenvalue weighted by atomic mass is 10.4. The Kier molecular flexibility index (Phi) is 0.862. The van der Waals surface area contributed by atoms with Gasteiger partial charge in [0.1, 0.15) is 0 Å². The molecule has 0 unspecified atom stereocenters. The van der Waals surface area contributed by atoms with Gasteiger partial charge in [0, 0.05) is 11.0 Å². The van der Waals surface area contributed by atoms with E-state index in [9.17, 15) is 17.6 Å². The first-order valence-corrected chi connectivity index (χ1v) is 1.82. The van der Waals surface area contributed by atoms with Crippen molar-refractivity contribution in [2.75, 3.05) is 0 Å². The first-order chi connectivity index (χ1) is 4.50. The maximum Gasteiger partial charge on any atom is 0.383 e. The molecule has 0 N–H and O–H groups in total. The lowest BCUT2D eigenvalue weighted by molar-refractivity contribution is -0.143. The van der Waals surface area contributed by atoms with Gasteiger partial charge in [0.25, 0.3) is 0 Å². The third kappa shape index (κ3) is 1.86. The molecule has 50 valence electrons. The second-order valence-electron chi connectivity index (χ2n) is 1.07. The molecule has 0 aliphatic carbocycles. The van der Waals surface area contributed by atoms with Crippen LogP contribution in [0.1, 0.15) is 11.0 Å². The first kappa shape index (κ1) is 3.93. The van der Waals surface area contributed by atoms with E-state index in [-0.39, 0.29) is 0 Å². The van der Waals surface area contributed by atoms with Gasteiger partial charge in [-0.25, -0.2) is 0 Å². The summed E-state index contributed by atoms with van der Waals surface area (Å²) in [6.45, 7) is -4.09. The van der Waals surface area contributed by atoms with Crippen LogP contribution in [0.25, 0.3) is 0 Å². The van der Waals surface area contributed by atoms with Crippen LogP contribution in [0, 0.1) is 0 Å². The maximum absolute atomic E-state index is 12.0. The molecule has 0 saturated carbocycles. The zero-order valence-corrected chi connectivity index (χ0v) is 4.15. The Labute approximate surface area is 52.6 Å². The minimum absolute atomic E-state index is 3.87.